The molecule has 0 aliphatic carbocycles. The van der Waals surface area contributed by atoms with Crippen LogP contribution in [-0.2, 0) is 9.26 Å². The van der Waals surface area contributed by atoms with Crippen LogP contribution in [0.4, 0.5) is 4.79 Å². The van der Waals surface area contributed by atoms with Crippen LogP contribution >= 0.6 is 0 Å². The summed E-state index contributed by atoms with van der Waals surface area (Å²) in [6.45, 7) is 5.82. The normalized spacial score (nSPS) is 11.0. The van der Waals surface area contributed by atoms with Gasteiger partial charge in [0.25, 0.3) is 0 Å². The number of hydroxylamine groups is 2. The zero-order chi connectivity index (χ0) is 9.07. The Bertz CT molecular complexity index is 143. The van der Waals surface area contributed by atoms with Crippen LogP contribution in [-0.4, -0.2) is 33.6 Å². The molecule has 0 saturated heterocycles. The minimum atomic E-state index is -1.77. The smallest absolute Gasteiger partial charge is 0.420 e. The summed E-state index contributed by atoms with van der Waals surface area (Å²) in [5.41, 5.74) is 0. The number of carbonyl (C=O) groups is 1. The third kappa shape index (κ3) is 4.80. The zero-order valence-electron chi connectivity index (χ0n) is 7.67. The summed E-state index contributed by atoms with van der Waals surface area (Å²) in [4.78, 5) is 15.6. The summed E-state index contributed by atoms with van der Waals surface area (Å²) < 4.78 is 5.09. The van der Waals surface area contributed by atoms with Crippen molar-refractivity contribution in [1.29, 1.82) is 0 Å². The first-order valence-corrected chi connectivity index (χ1v) is 6.78. The zero-order valence-corrected chi connectivity index (χ0v) is 8.67. The Kier molecular flexibility index (Phi) is 3.54. The van der Waals surface area contributed by atoms with Gasteiger partial charge < -0.3 is 4.43 Å². The molecule has 66 valence electrons. The predicted molar refractivity (Wildman–Crippen MR) is 44.6 cm³/mol. The summed E-state index contributed by atoms with van der Waals surface area (Å²) in [5, 5.41) is 1.07. The van der Waals surface area contributed by atoms with Gasteiger partial charge in [-0.15, -0.1) is 0 Å². The van der Waals surface area contributed by atoms with E-state index in [1.54, 1.807) is 0 Å². The van der Waals surface area contributed by atoms with Crippen LogP contribution in [0.1, 0.15) is 0 Å². The minimum absolute atomic E-state index is 0.424. The Morgan fingerprint density at radius 3 is 2.09 bits per heavy atom. The molecule has 0 aliphatic rings. The van der Waals surface area contributed by atoms with Crippen LogP contribution in [0.3, 0.4) is 0 Å². The molecule has 0 bridgehead atoms. The van der Waals surface area contributed by atoms with Crippen molar-refractivity contribution in [2.75, 3.05) is 14.2 Å². The van der Waals surface area contributed by atoms with Crippen LogP contribution in [0.15, 0.2) is 0 Å². The second-order valence-corrected chi connectivity index (χ2v) is 7.59. The van der Waals surface area contributed by atoms with Crippen LogP contribution in [0.2, 0.25) is 19.6 Å². The molecule has 0 radical (unpaired) electrons. The lowest BCUT2D eigenvalue weighted by Gasteiger charge is -2.21. The average Bonchev–Trinajstić information content (AvgIpc) is 1.82. The fraction of sp³-hybridized carbons (Fsp3) is 0.833. The number of nitrogens with zero attached hydrogens (tertiary/aromatic N) is 1. The molecule has 0 aromatic heterocycles. The highest BCUT2D eigenvalue weighted by Crippen LogP contribution is 2.04. The third-order valence-corrected chi connectivity index (χ3v) is 1.71. The molecule has 0 aromatic rings. The molecule has 0 aromatic carbocycles. The highest BCUT2D eigenvalue weighted by Gasteiger charge is 2.22. The van der Waals surface area contributed by atoms with Gasteiger partial charge in [-0.3, -0.25) is 4.84 Å². The maximum Gasteiger partial charge on any atom is 0.420 e. The molecule has 0 N–H and O–H groups in total. The number of hydrogen-bond donors (Lipinski definition) is 0. The van der Waals surface area contributed by atoms with E-state index in [1.165, 1.54) is 14.2 Å². The van der Waals surface area contributed by atoms with Gasteiger partial charge in [-0.25, -0.2) is 4.79 Å². The highest BCUT2D eigenvalue weighted by molar-refractivity contribution is 6.71. The first kappa shape index (κ1) is 10.4. The Balaban J connectivity index is 3.88. The van der Waals surface area contributed by atoms with Gasteiger partial charge in [-0.1, -0.05) is 0 Å². The van der Waals surface area contributed by atoms with Crippen LogP contribution in [0, 0.1) is 0 Å². The first-order chi connectivity index (χ1) is 4.87. The maximum absolute atomic E-state index is 11.0. The predicted octanol–water partition coefficient (Wildman–Crippen LogP) is 1.45. The van der Waals surface area contributed by atoms with E-state index in [0.29, 0.717) is 0 Å². The second-order valence-electron chi connectivity index (χ2n) is 3.16. The van der Waals surface area contributed by atoms with Crippen molar-refractivity contribution >= 4 is 14.4 Å². The minimum Gasteiger partial charge on any atom is -0.503 e. The molecule has 0 saturated carbocycles. The molecule has 11 heavy (non-hydrogen) atoms. The van der Waals surface area contributed by atoms with Gasteiger partial charge >= 0.3 is 6.09 Å². The summed E-state index contributed by atoms with van der Waals surface area (Å²) in [6.07, 6.45) is -0.424. The molecule has 0 atom stereocenters. The summed E-state index contributed by atoms with van der Waals surface area (Å²) in [7, 11) is 1.17. The standard InChI is InChI=1S/C6H15NO3Si/c1-7(9-2)6(8)10-11(3,4)5/h1-5H3. The van der Waals surface area contributed by atoms with E-state index in [1.807, 2.05) is 19.6 Å². The van der Waals surface area contributed by atoms with Crippen LogP contribution in [0.25, 0.3) is 0 Å². The van der Waals surface area contributed by atoms with Crippen molar-refractivity contribution in [1.82, 2.24) is 5.06 Å². The van der Waals surface area contributed by atoms with E-state index < -0.39 is 14.4 Å². The molecular formula is C6H15NO3Si. The van der Waals surface area contributed by atoms with E-state index in [-0.39, 0.29) is 0 Å². The van der Waals surface area contributed by atoms with Gasteiger partial charge in [0, 0.05) is 7.05 Å². The Hall–Kier alpha value is -0.553. The molecule has 0 heterocycles. The lowest BCUT2D eigenvalue weighted by molar-refractivity contribution is -0.0798. The van der Waals surface area contributed by atoms with E-state index in [2.05, 4.69) is 4.84 Å². The third-order valence-electron chi connectivity index (χ3n) is 0.924. The number of hydrogen-bond acceptors (Lipinski definition) is 3. The van der Waals surface area contributed by atoms with Gasteiger partial charge in [-0.2, -0.15) is 5.06 Å². The summed E-state index contributed by atoms with van der Waals surface area (Å²) in [5.74, 6) is 0. The van der Waals surface area contributed by atoms with Crippen LogP contribution < -0.4 is 0 Å². The summed E-state index contributed by atoms with van der Waals surface area (Å²) >= 11 is 0. The number of amides is 1. The Morgan fingerprint density at radius 2 is 1.82 bits per heavy atom. The first-order valence-electron chi connectivity index (χ1n) is 3.37. The van der Waals surface area contributed by atoms with Gasteiger partial charge in [0.2, 0.25) is 8.32 Å². The molecule has 5 heteroatoms. The molecular weight excluding hydrogens is 162 g/mol. The van der Waals surface area contributed by atoms with Gasteiger partial charge in [-0.05, 0) is 19.6 Å². The SMILES string of the molecule is CON(C)C(=O)O[Si](C)(C)C. The highest BCUT2D eigenvalue weighted by atomic mass is 28.4. The summed E-state index contributed by atoms with van der Waals surface area (Å²) in [6, 6.07) is 0. The van der Waals surface area contributed by atoms with Gasteiger partial charge in [0.05, 0.1) is 7.11 Å². The molecule has 0 unspecified atom stereocenters. The monoisotopic (exact) mass is 177 g/mol. The Labute approximate surface area is 68.2 Å². The molecule has 0 rings (SSSR count). The fourth-order valence-corrected chi connectivity index (χ4v) is 1.05. The van der Waals surface area contributed by atoms with Crippen LogP contribution in [0.5, 0.6) is 0 Å². The second kappa shape index (κ2) is 3.73. The fourth-order valence-electron chi connectivity index (χ4n) is 0.401. The van der Waals surface area contributed by atoms with Crippen molar-refractivity contribution in [2.45, 2.75) is 19.6 Å². The largest absolute Gasteiger partial charge is 0.503 e. The number of carbonyl (C=O) groups excluding carboxylic acids is 1. The lowest BCUT2D eigenvalue weighted by atomic mass is 11.1. The van der Waals surface area contributed by atoms with E-state index in [9.17, 15) is 4.79 Å². The van der Waals surface area contributed by atoms with Crippen molar-refractivity contribution in [3.05, 3.63) is 0 Å². The average molecular weight is 177 g/mol. The van der Waals surface area contributed by atoms with Crippen molar-refractivity contribution in [3.63, 3.8) is 0 Å². The quantitative estimate of drug-likeness (QED) is 0.473. The molecule has 0 aliphatic heterocycles. The van der Waals surface area contributed by atoms with E-state index >= 15 is 0 Å². The maximum atomic E-state index is 11.0. The molecule has 4 nitrogen and oxygen atoms in total. The molecule has 0 fully saturated rings. The van der Waals surface area contributed by atoms with Crippen molar-refractivity contribution in [3.8, 4) is 0 Å². The van der Waals surface area contributed by atoms with Crippen molar-refractivity contribution < 1.29 is 14.1 Å². The molecule has 0 spiro atoms. The van der Waals surface area contributed by atoms with Gasteiger partial charge in [0.1, 0.15) is 0 Å². The van der Waals surface area contributed by atoms with Gasteiger partial charge in [0.15, 0.2) is 0 Å². The number of rotatable bonds is 2. The van der Waals surface area contributed by atoms with E-state index in [4.69, 9.17) is 4.43 Å². The van der Waals surface area contributed by atoms with Crippen molar-refractivity contribution in [2.24, 2.45) is 0 Å². The lowest BCUT2D eigenvalue weighted by Crippen LogP contribution is -2.36. The van der Waals surface area contributed by atoms with E-state index in [0.717, 1.165) is 5.06 Å². The molecule has 1 amide bonds. The topological polar surface area (TPSA) is 38.8 Å². The Morgan fingerprint density at radius 1 is 1.36 bits per heavy atom.